The summed E-state index contributed by atoms with van der Waals surface area (Å²) in [4.78, 5) is 24.6. The van der Waals surface area contributed by atoms with Crippen LogP contribution < -0.4 is 4.74 Å². The number of pyridine rings is 2. The van der Waals surface area contributed by atoms with Crippen molar-refractivity contribution in [3.05, 3.63) is 90.0 Å². The molecule has 9 heteroatoms. The van der Waals surface area contributed by atoms with Gasteiger partial charge in [0.2, 0.25) is 5.91 Å². The molecule has 1 amide bonds. The first-order valence-electron chi connectivity index (χ1n) is 11.5. The van der Waals surface area contributed by atoms with Gasteiger partial charge in [-0.2, -0.15) is 0 Å². The number of likely N-dealkylation sites (N-methyl/N-ethyl adjacent to an activating group) is 1. The van der Waals surface area contributed by atoms with Crippen LogP contribution in [0, 0.1) is 0 Å². The molecule has 198 valence electrons. The van der Waals surface area contributed by atoms with Crippen LogP contribution in [-0.4, -0.2) is 59.5 Å². The van der Waals surface area contributed by atoms with Crippen molar-refractivity contribution in [2.24, 2.45) is 0 Å². The Bertz CT molecular complexity index is 977. The van der Waals surface area contributed by atoms with E-state index in [-0.39, 0.29) is 49.0 Å². The Morgan fingerprint density at radius 1 is 0.889 bits per heavy atom. The number of hydrogen-bond acceptors (Lipinski definition) is 5. The van der Waals surface area contributed by atoms with E-state index < -0.39 is 0 Å². The van der Waals surface area contributed by atoms with Gasteiger partial charge in [0.15, 0.2) is 0 Å². The van der Waals surface area contributed by atoms with Gasteiger partial charge in [0.25, 0.3) is 0 Å². The molecule has 0 aliphatic heterocycles. The van der Waals surface area contributed by atoms with Crippen molar-refractivity contribution < 1.29 is 9.53 Å². The molecule has 0 bridgehead atoms. The molecule has 0 aliphatic carbocycles. The van der Waals surface area contributed by atoms with E-state index >= 15 is 0 Å². The van der Waals surface area contributed by atoms with Crippen LogP contribution in [-0.2, 0) is 17.8 Å². The first-order chi connectivity index (χ1) is 16.0. The third kappa shape index (κ3) is 11.1. The van der Waals surface area contributed by atoms with Crippen LogP contribution in [0.15, 0.2) is 73.3 Å². The smallest absolute Gasteiger partial charge is 0.229 e. The molecule has 2 heterocycles. The Balaban J connectivity index is 0.00000408. The highest BCUT2D eigenvalue weighted by Crippen LogP contribution is 2.21. The Morgan fingerprint density at radius 2 is 1.58 bits per heavy atom. The minimum absolute atomic E-state index is 0. The number of carbonyl (C=O) groups excluding carboxylic acids is 1. The number of carbonyl (C=O) groups is 1. The number of rotatable bonds is 12. The van der Waals surface area contributed by atoms with Crippen LogP contribution in [0.2, 0.25) is 0 Å². The Kier molecular flexibility index (Phi) is 16.8. The number of amides is 1. The molecule has 0 spiro atoms. The van der Waals surface area contributed by atoms with Gasteiger partial charge < -0.3 is 9.64 Å². The first-order valence-corrected chi connectivity index (χ1v) is 11.5. The Morgan fingerprint density at radius 3 is 2.19 bits per heavy atom. The second-order valence-electron chi connectivity index (χ2n) is 8.47. The van der Waals surface area contributed by atoms with E-state index in [0.717, 1.165) is 43.8 Å². The molecule has 1 aromatic carbocycles. The monoisotopic (exact) mass is 554 g/mol. The third-order valence-electron chi connectivity index (χ3n) is 5.67. The van der Waals surface area contributed by atoms with Crippen molar-refractivity contribution in [1.29, 1.82) is 0 Å². The standard InChI is InChI=1S/C27H34N4O2.3ClH/c1-22(27(32)30(2)3)25-7-9-26(10-8-25)33-19-5-17-31(21-24-11-15-28-16-12-24)18-13-23-6-4-14-29-20-23;;;/h4,6-12,14-16,20,22H,5,13,17-19,21H2,1-3H3;3*1H. The lowest BCUT2D eigenvalue weighted by atomic mass is 10.00. The fourth-order valence-electron chi connectivity index (χ4n) is 3.71. The van der Waals surface area contributed by atoms with E-state index in [4.69, 9.17) is 4.74 Å². The van der Waals surface area contributed by atoms with Crippen molar-refractivity contribution >= 4 is 43.1 Å². The predicted molar refractivity (Wildman–Crippen MR) is 153 cm³/mol. The maximum Gasteiger partial charge on any atom is 0.229 e. The fourth-order valence-corrected chi connectivity index (χ4v) is 3.71. The molecule has 1 unspecified atom stereocenters. The quantitative estimate of drug-likeness (QED) is 0.278. The molecule has 0 N–H and O–H groups in total. The molecule has 1 atom stereocenters. The molecule has 3 aromatic rings. The number of benzene rings is 1. The van der Waals surface area contributed by atoms with Crippen LogP contribution >= 0.6 is 37.2 Å². The van der Waals surface area contributed by atoms with Crippen LogP contribution in [0.4, 0.5) is 0 Å². The first kappa shape index (κ1) is 33.6. The van der Waals surface area contributed by atoms with Gasteiger partial charge in [-0.05, 0) is 66.8 Å². The summed E-state index contributed by atoms with van der Waals surface area (Å²) in [5, 5.41) is 0. The molecule has 0 aliphatic rings. The van der Waals surface area contributed by atoms with Crippen molar-refractivity contribution in [1.82, 2.24) is 19.8 Å². The normalized spacial score (nSPS) is 10.9. The summed E-state index contributed by atoms with van der Waals surface area (Å²) >= 11 is 0. The van der Waals surface area contributed by atoms with Crippen LogP contribution in [0.3, 0.4) is 0 Å². The lowest BCUT2D eigenvalue weighted by Crippen LogP contribution is -2.28. The number of nitrogens with zero attached hydrogens (tertiary/aromatic N) is 4. The molecule has 0 saturated carbocycles. The van der Waals surface area contributed by atoms with Gasteiger partial charge >= 0.3 is 0 Å². The summed E-state index contributed by atoms with van der Waals surface area (Å²) < 4.78 is 5.97. The zero-order valence-corrected chi connectivity index (χ0v) is 23.5. The summed E-state index contributed by atoms with van der Waals surface area (Å²) in [6.45, 7) is 5.36. The highest BCUT2D eigenvalue weighted by Gasteiger charge is 2.16. The van der Waals surface area contributed by atoms with E-state index in [2.05, 4.69) is 33.1 Å². The molecule has 0 radical (unpaired) electrons. The largest absolute Gasteiger partial charge is 0.494 e. The van der Waals surface area contributed by atoms with Crippen molar-refractivity contribution in [3.63, 3.8) is 0 Å². The molecular formula is C27H37Cl3N4O2. The predicted octanol–water partition coefficient (Wildman–Crippen LogP) is 5.45. The Hall–Kier alpha value is -2.38. The van der Waals surface area contributed by atoms with Gasteiger partial charge in [0.05, 0.1) is 12.5 Å². The minimum atomic E-state index is -0.157. The number of aromatic nitrogens is 2. The van der Waals surface area contributed by atoms with Crippen LogP contribution in [0.1, 0.15) is 36.0 Å². The maximum atomic E-state index is 12.2. The Labute approximate surface area is 233 Å². The molecule has 0 saturated heterocycles. The average molecular weight is 556 g/mol. The van der Waals surface area contributed by atoms with Gasteiger partial charge in [-0.15, -0.1) is 37.2 Å². The number of ether oxygens (including phenoxy) is 1. The second kappa shape index (κ2) is 18.0. The van der Waals surface area contributed by atoms with Crippen LogP contribution in [0.5, 0.6) is 5.75 Å². The lowest BCUT2D eigenvalue weighted by Gasteiger charge is -2.22. The van der Waals surface area contributed by atoms with E-state index in [1.807, 2.05) is 62.0 Å². The lowest BCUT2D eigenvalue weighted by molar-refractivity contribution is -0.129. The number of hydrogen-bond donors (Lipinski definition) is 0. The summed E-state index contributed by atoms with van der Waals surface area (Å²) in [6, 6.07) is 16.1. The summed E-state index contributed by atoms with van der Waals surface area (Å²) in [5.74, 6) is 0.777. The molecular weight excluding hydrogens is 519 g/mol. The molecule has 3 rings (SSSR count). The van der Waals surface area contributed by atoms with E-state index in [9.17, 15) is 4.79 Å². The summed E-state index contributed by atoms with van der Waals surface area (Å²) in [5.41, 5.74) is 3.50. The van der Waals surface area contributed by atoms with Crippen molar-refractivity contribution in [2.45, 2.75) is 32.2 Å². The molecule has 0 fully saturated rings. The second-order valence-corrected chi connectivity index (χ2v) is 8.47. The third-order valence-corrected chi connectivity index (χ3v) is 5.67. The SMILES string of the molecule is CC(C(=O)N(C)C)c1ccc(OCCCN(CCc2cccnc2)Cc2ccncc2)cc1.Cl.Cl.Cl. The fraction of sp³-hybridized carbons (Fsp3) is 0.370. The van der Waals surface area contributed by atoms with E-state index in [1.54, 1.807) is 19.0 Å². The van der Waals surface area contributed by atoms with E-state index in [0.29, 0.717) is 6.61 Å². The zero-order chi connectivity index (χ0) is 23.5. The van der Waals surface area contributed by atoms with Gasteiger partial charge in [-0.25, -0.2) is 0 Å². The molecule has 6 nitrogen and oxygen atoms in total. The van der Waals surface area contributed by atoms with Gasteiger partial charge in [-0.1, -0.05) is 18.2 Å². The van der Waals surface area contributed by atoms with Crippen molar-refractivity contribution in [2.75, 3.05) is 33.8 Å². The van der Waals surface area contributed by atoms with Gasteiger partial charge in [0.1, 0.15) is 5.75 Å². The van der Waals surface area contributed by atoms with Crippen molar-refractivity contribution in [3.8, 4) is 5.75 Å². The molecule has 36 heavy (non-hydrogen) atoms. The highest BCUT2D eigenvalue weighted by atomic mass is 35.5. The minimum Gasteiger partial charge on any atom is -0.494 e. The molecule has 2 aromatic heterocycles. The summed E-state index contributed by atoms with van der Waals surface area (Å²) in [7, 11) is 3.57. The van der Waals surface area contributed by atoms with Gasteiger partial charge in [-0.3, -0.25) is 19.7 Å². The van der Waals surface area contributed by atoms with Crippen LogP contribution in [0.25, 0.3) is 0 Å². The average Bonchev–Trinajstić information content (AvgIpc) is 2.85. The van der Waals surface area contributed by atoms with Gasteiger partial charge in [0, 0.05) is 58.5 Å². The topological polar surface area (TPSA) is 58.6 Å². The van der Waals surface area contributed by atoms with E-state index in [1.165, 1.54) is 11.1 Å². The zero-order valence-electron chi connectivity index (χ0n) is 21.1. The highest BCUT2D eigenvalue weighted by molar-refractivity contribution is 5.86. The summed E-state index contributed by atoms with van der Waals surface area (Å²) in [6.07, 6.45) is 9.32. The maximum absolute atomic E-state index is 12.2. The number of halogens is 3.